The van der Waals surface area contributed by atoms with E-state index in [1.54, 1.807) is 4.57 Å². The van der Waals surface area contributed by atoms with Crippen LogP contribution in [0.15, 0.2) is 150 Å². The Kier molecular flexibility index (Phi) is 5.29. The van der Waals surface area contributed by atoms with Gasteiger partial charge in [-0.25, -0.2) is 4.79 Å². The van der Waals surface area contributed by atoms with Crippen LogP contribution in [-0.2, 0) is 0 Å². The first kappa shape index (κ1) is 23.4. The molecule has 0 saturated carbocycles. The predicted octanol–water partition coefficient (Wildman–Crippen LogP) is 9.13. The van der Waals surface area contributed by atoms with Crippen LogP contribution in [0.5, 0.6) is 0 Å². The largest absolute Gasteiger partial charge is 0.353 e. The Morgan fingerprint density at radius 3 is 1.68 bits per heavy atom. The molecule has 1 heterocycles. The van der Waals surface area contributed by atoms with Crippen molar-refractivity contribution < 1.29 is 0 Å². The topological polar surface area (TPSA) is 34.9 Å². The minimum Gasteiger partial charge on any atom is -0.259 e. The summed E-state index contributed by atoms with van der Waals surface area (Å²) in [6.07, 6.45) is 0. The Morgan fingerprint density at radius 1 is 0.463 bits per heavy atom. The number of hydrogen-bond acceptors (Lipinski definition) is 2. The summed E-state index contributed by atoms with van der Waals surface area (Å²) in [4.78, 5) is 17.1. The van der Waals surface area contributed by atoms with Crippen molar-refractivity contribution in [2.45, 2.75) is 0 Å². The van der Waals surface area contributed by atoms with E-state index in [9.17, 15) is 4.79 Å². The highest BCUT2D eigenvalue weighted by molar-refractivity contribution is 6.21. The van der Waals surface area contributed by atoms with E-state index in [1.807, 2.05) is 42.5 Å². The molecular weight excluding hydrogens is 500 g/mol. The second-order valence-electron chi connectivity index (χ2n) is 10.4. The maximum absolute atomic E-state index is 12.9. The normalized spacial score (nSPS) is 11.5. The summed E-state index contributed by atoms with van der Waals surface area (Å²) in [5.41, 5.74) is 6.76. The molecule has 0 atom stereocenters. The van der Waals surface area contributed by atoms with Gasteiger partial charge in [0.25, 0.3) is 0 Å². The smallest absolute Gasteiger partial charge is 0.259 e. The molecule has 0 amide bonds. The molecule has 2 aliphatic rings. The first-order valence-corrected chi connectivity index (χ1v) is 13.8. The third-order valence-corrected chi connectivity index (χ3v) is 8.02. The molecule has 0 fully saturated rings. The summed E-state index contributed by atoms with van der Waals surface area (Å²) in [5.74, 6) is 0. The molecular formula is C38H24N2O. The minimum absolute atomic E-state index is 0.269. The minimum atomic E-state index is -0.269. The number of nitrogens with zero attached hydrogens (tertiary/aromatic N) is 2. The lowest BCUT2D eigenvalue weighted by atomic mass is 9.85. The van der Waals surface area contributed by atoms with Crippen LogP contribution >= 0.6 is 0 Å². The lowest BCUT2D eigenvalue weighted by Gasteiger charge is -2.18. The first-order valence-electron chi connectivity index (χ1n) is 13.8. The van der Waals surface area contributed by atoms with Crippen LogP contribution in [0.2, 0.25) is 0 Å². The van der Waals surface area contributed by atoms with Gasteiger partial charge >= 0.3 is 5.69 Å². The zero-order valence-electron chi connectivity index (χ0n) is 22.2. The van der Waals surface area contributed by atoms with Crippen molar-refractivity contribution in [2.24, 2.45) is 0 Å². The van der Waals surface area contributed by atoms with Crippen LogP contribution in [0.3, 0.4) is 0 Å². The van der Waals surface area contributed by atoms with E-state index in [0.717, 1.165) is 16.9 Å². The Hall–Kier alpha value is -5.54. The van der Waals surface area contributed by atoms with E-state index in [1.165, 1.54) is 49.0 Å². The van der Waals surface area contributed by atoms with Crippen molar-refractivity contribution in [3.8, 4) is 39.3 Å². The van der Waals surface area contributed by atoms with E-state index in [4.69, 9.17) is 0 Å². The molecule has 41 heavy (non-hydrogen) atoms. The van der Waals surface area contributed by atoms with Gasteiger partial charge in [0.15, 0.2) is 0 Å². The van der Waals surface area contributed by atoms with Crippen LogP contribution in [0.4, 0.5) is 0 Å². The van der Waals surface area contributed by atoms with Gasteiger partial charge in [0.1, 0.15) is 0 Å². The van der Waals surface area contributed by atoms with Crippen LogP contribution in [0.1, 0.15) is 0 Å². The van der Waals surface area contributed by atoms with Crippen molar-refractivity contribution in [2.75, 3.05) is 0 Å². The highest BCUT2D eigenvalue weighted by Gasteiger charge is 2.18. The number of imidazole rings is 1. The fourth-order valence-corrected chi connectivity index (χ4v) is 6.19. The Bertz CT molecular complexity index is 2220. The van der Waals surface area contributed by atoms with Gasteiger partial charge in [-0.1, -0.05) is 115 Å². The predicted molar refractivity (Wildman–Crippen MR) is 170 cm³/mol. The second kappa shape index (κ2) is 9.29. The molecule has 6 aromatic rings. The molecule has 0 spiro atoms. The lowest BCUT2D eigenvalue weighted by molar-refractivity contribution is 1.00. The first-order chi connectivity index (χ1) is 20.3. The quantitative estimate of drug-likeness (QED) is 0.216. The van der Waals surface area contributed by atoms with Crippen LogP contribution in [0, 0.1) is 0 Å². The summed E-state index contributed by atoms with van der Waals surface area (Å²) in [6, 6.07) is 50.5. The monoisotopic (exact) mass is 524 g/mol. The molecule has 6 aromatic carbocycles. The molecule has 192 valence electrons. The molecule has 0 radical (unpaired) electrons. The summed E-state index contributed by atoms with van der Waals surface area (Å²) in [7, 11) is 0. The molecule has 0 unspecified atom stereocenters. The van der Waals surface area contributed by atoms with E-state index in [2.05, 4.69) is 108 Å². The SMILES string of the molecule is O=c1nc2cccccc-2n1-c1ccc(-c2c3ccccc3c(-c3ccc4ccccc4c3)c3ccccc23)cc1. The van der Waals surface area contributed by atoms with Gasteiger partial charge in [-0.05, 0) is 84.9 Å². The Balaban J connectivity index is 1.35. The van der Waals surface area contributed by atoms with Crippen molar-refractivity contribution in [3.63, 3.8) is 0 Å². The second-order valence-corrected chi connectivity index (χ2v) is 10.4. The number of rotatable bonds is 3. The van der Waals surface area contributed by atoms with Crippen molar-refractivity contribution in [1.29, 1.82) is 0 Å². The molecule has 0 N–H and O–H groups in total. The summed E-state index contributed by atoms with van der Waals surface area (Å²) in [6.45, 7) is 0. The maximum atomic E-state index is 12.9. The molecule has 0 bridgehead atoms. The summed E-state index contributed by atoms with van der Waals surface area (Å²) >= 11 is 0. The van der Waals surface area contributed by atoms with Crippen LogP contribution in [0.25, 0.3) is 71.6 Å². The third kappa shape index (κ3) is 3.75. The van der Waals surface area contributed by atoms with Crippen LogP contribution < -0.4 is 5.69 Å². The highest BCUT2D eigenvalue weighted by atomic mass is 16.1. The molecule has 1 aliphatic heterocycles. The zero-order valence-corrected chi connectivity index (χ0v) is 22.2. The van der Waals surface area contributed by atoms with Gasteiger partial charge < -0.3 is 0 Å². The molecule has 0 aromatic heterocycles. The average molecular weight is 525 g/mol. The fourth-order valence-electron chi connectivity index (χ4n) is 6.19. The summed E-state index contributed by atoms with van der Waals surface area (Å²) < 4.78 is 1.68. The van der Waals surface area contributed by atoms with Gasteiger partial charge in [0.05, 0.1) is 17.1 Å². The molecule has 1 aliphatic carbocycles. The third-order valence-electron chi connectivity index (χ3n) is 8.02. The maximum Gasteiger partial charge on any atom is 0.353 e. The van der Waals surface area contributed by atoms with Crippen molar-refractivity contribution in [3.05, 3.63) is 156 Å². The van der Waals surface area contributed by atoms with Gasteiger partial charge in [0, 0.05) is 0 Å². The zero-order chi connectivity index (χ0) is 27.3. The van der Waals surface area contributed by atoms with Gasteiger partial charge in [-0.2, -0.15) is 4.98 Å². The number of aromatic nitrogens is 2. The number of hydrogen-bond donors (Lipinski definition) is 0. The van der Waals surface area contributed by atoms with E-state index < -0.39 is 0 Å². The van der Waals surface area contributed by atoms with E-state index in [-0.39, 0.29) is 5.69 Å². The molecule has 3 nitrogen and oxygen atoms in total. The number of fused-ring (bicyclic) bond motifs is 4. The van der Waals surface area contributed by atoms with Gasteiger partial charge in [-0.3, -0.25) is 4.57 Å². The van der Waals surface area contributed by atoms with E-state index >= 15 is 0 Å². The van der Waals surface area contributed by atoms with Crippen molar-refractivity contribution >= 4 is 32.3 Å². The summed E-state index contributed by atoms with van der Waals surface area (Å²) in [5, 5.41) is 7.31. The fraction of sp³-hybridized carbons (Fsp3) is 0. The number of benzene rings is 6. The molecule has 3 heteroatoms. The lowest BCUT2D eigenvalue weighted by Crippen LogP contribution is -2.14. The average Bonchev–Trinajstić information content (AvgIpc) is 3.16. The van der Waals surface area contributed by atoms with Gasteiger partial charge in [0.2, 0.25) is 0 Å². The molecule has 8 rings (SSSR count). The highest BCUT2D eigenvalue weighted by Crippen LogP contribution is 2.44. The van der Waals surface area contributed by atoms with E-state index in [0.29, 0.717) is 5.69 Å². The van der Waals surface area contributed by atoms with Crippen molar-refractivity contribution in [1.82, 2.24) is 9.55 Å². The van der Waals surface area contributed by atoms with Crippen LogP contribution in [-0.4, -0.2) is 9.55 Å². The molecule has 0 saturated heterocycles. The Labute approximate surface area is 236 Å². The Morgan fingerprint density at radius 2 is 1.00 bits per heavy atom. The standard InChI is InChI=1S/C38H24N2O/c41-38-39-34-16-2-1-3-17-35(34)40(38)29-22-20-26(21-23-29)36-30-12-6-8-14-32(30)37(33-15-9-7-13-31(33)36)28-19-18-25-10-4-5-11-27(25)24-28/h1-24H. The van der Waals surface area contributed by atoms with Gasteiger partial charge in [-0.15, -0.1) is 0 Å².